The largest absolute Gasteiger partial charge is 0.356 e. The molecular weight excluding hydrogens is 346 g/mol. The van der Waals surface area contributed by atoms with E-state index in [1.54, 1.807) is 22.2 Å². The molecule has 2 aromatic rings. The van der Waals surface area contributed by atoms with Crippen LogP contribution in [0.25, 0.3) is 10.2 Å². The standard InChI is InChI=1S/C20H27N3O2S/c24-17(21-11-9-14-5-1-2-6-14)10-12-23-13-22-19-18(20(23)25)15-7-3-4-8-16(15)26-19/h13-14H,1-12H2,(H,21,24). The van der Waals surface area contributed by atoms with Gasteiger partial charge in [0.2, 0.25) is 5.91 Å². The molecule has 1 fully saturated rings. The summed E-state index contributed by atoms with van der Waals surface area (Å²) < 4.78 is 1.61. The SMILES string of the molecule is O=C(CCn1cnc2sc3c(c2c1=O)CCCC3)NCCC1CCCC1. The number of fused-ring (bicyclic) bond motifs is 3. The Bertz CT molecular complexity index is 849. The summed E-state index contributed by atoms with van der Waals surface area (Å²) in [6, 6.07) is 0. The first kappa shape index (κ1) is 17.7. The Labute approximate surface area is 157 Å². The zero-order valence-electron chi connectivity index (χ0n) is 15.3. The number of aryl methyl sites for hydroxylation is 3. The molecule has 0 spiro atoms. The smallest absolute Gasteiger partial charge is 0.262 e. The quantitative estimate of drug-likeness (QED) is 0.844. The zero-order valence-corrected chi connectivity index (χ0v) is 16.1. The van der Waals surface area contributed by atoms with E-state index in [9.17, 15) is 9.59 Å². The highest BCUT2D eigenvalue weighted by Crippen LogP contribution is 2.33. The van der Waals surface area contributed by atoms with Crippen molar-refractivity contribution in [1.82, 2.24) is 14.9 Å². The Balaban J connectivity index is 1.37. The monoisotopic (exact) mass is 373 g/mol. The van der Waals surface area contributed by atoms with Gasteiger partial charge in [0, 0.05) is 24.4 Å². The van der Waals surface area contributed by atoms with Gasteiger partial charge in [-0.25, -0.2) is 4.98 Å². The Morgan fingerprint density at radius 3 is 2.88 bits per heavy atom. The van der Waals surface area contributed by atoms with Crippen molar-refractivity contribution in [1.29, 1.82) is 0 Å². The number of amides is 1. The maximum absolute atomic E-state index is 12.9. The van der Waals surface area contributed by atoms with Crippen LogP contribution in [-0.2, 0) is 24.2 Å². The van der Waals surface area contributed by atoms with Crippen LogP contribution in [0.1, 0.15) is 61.8 Å². The first-order chi connectivity index (χ1) is 12.7. The topological polar surface area (TPSA) is 64.0 Å². The van der Waals surface area contributed by atoms with Gasteiger partial charge in [0.05, 0.1) is 11.7 Å². The first-order valence-corrected chi connectivity index (χ1v) is 10.8. The molecule has 2 aliphatic carbocycles. The average molecular weight is 374 g/mol. The van der Waals surface area contributed by atoms with Crippen molar-refractivity contribution in [2.24, 2.45) is 5.92 Å². The molecule has 1 amide bonds. The van der Waals surface area contributed by atoms with Crippen LogP contribution in [0.2, 0.25) is 0 Å². The first-order valence-electron chi connectivity index (χ1n) is 9.99. The van der Waals surface area contributed by atoms with Crippen LogP contribution in [-0.4, -0.2) is 22.0 Å². The summed E-state index contributed by atoms with van der Waals surface area (Å²) in [4.78, 5) is 31.6. The molecule has 2 aliphatic rings. The lowest BCUT2D eigenvalue weighted by Gasteiger charge is -2.11. The number of carbonyl (C=O) groups is 1. The third kappa shape index (κ3) is 3.70. The van der Waals surface area contributed by atoms with Crippen LogP contribution in [0.5, 0.6) is 0 Å². The van der Waals surface area contributed by atoms with Crippen LogP contribution in [0.15, 0.2) is 11.1 Å². The van der Waals surface area contributed by atoms with Crippen LogP contribution in [0.3, 0.4) is 0 Å². The van der Waals surface area contributed by atoms with Gasteiger partial charge < -0.3 is 5.32 Å². The van der Waals surface area contributed by atoms with Gasteiger partial charge in [-0.2, -0.15) is 0 Å². The van der Waals surface area contributed by atoms with Gasteiger partial charge in [0.1, 0.15) is 4.83 Å². The van der Waals surface area contributed by atoms with Crippen molar-refractivity contribution in [2.75, 3.05) is 6.54 Å². The fourth-order valence-corrected chi connectivity index (χ4v) is 5.59. The Hall–Kier alpha value is -1.69. The second kappa shape index (κ2) is 7.91. The van der Waals surface area contributed by atoms with Crippen molar-refractivity contribution >= 4 is 27.5 Å². The predicted molar refractivity (Wildman–Crippen MR) is 105 cm³/mol. The molecule has 0 aliphatic heterocycles. The zero-order chi connectivity index (χ0) is 17.9. The van der Waals surface area contributed by atoms with E-state index in [2.05, 4.69) is 10.3 Å². The minimum atomic E-state index is 0.0214. The van der Waals surface area contributed by atoms with Crippen molar-refractivity contribution < 1.29 is 4.79 Å². The highest BCUT2D eigenvalue weighted by atomic mass is 32.1. The van der Waals surface area contributed by atoms with Gasteiger partial charge in [0.15, 0.2) is 0 Å². The Kier molecular flexibility index (Phi) is 5.38. The number of aromatic nitrogens is 2. The molecule has 1 saturated carbocycles. The van der Waals surface area contributed by atoms with Crippen molar-refractivity contribution in [3.63, 3.8) is 0 Å². The molecule has 0 bridgehead atoms. The maximum atomic E-state index is 12.9. The van der Waals surface area contributed by atoms with Crippen molar-refractivity contribution in [3.8, 4) is 0 Å². The summed E-state index contributed by atoms with van der Waals surface area (Å²) in [7, 11) is 0. The van der Waals surface area contributed by atoms with E-state index in [0.29, 0.717) is 13.0 Å². The highest BCUT2D eigenvalue weighted by Gasteiger charge is 2.20. The highest BCUT2D eigenvalue weighted by molar-refractivity contribution is 7.18. The van der Waals surface area contributed by atoms with Gasteiger partial charge in [-0.1, -0.05) is 25.7 Å². The third-order valence-corrected chi connectivity index (χ3v) is 7.07. The van der Waals surface area contributed by atoms with Crippen LogP contribution < -0.4 is 10.9 Å². The van der Waals surface area contributed by atoms with E-state index in [-0.39, 0.29) is 11.5 Å². The molecule has 1 N–H and O–H groups in total. The van der Waals surface area contributed by atoms with E-state index in [1.165, 1.54) is 42.5 Å². The number of rotatable bonds is 6. The second-order valence-electron chi connectivity index (χ2n) is 7.67. The number of carbonyl (C=O) groups excluding carboxylic acids is 1. The summed E-state index contributed by atoms with van der Waals surface area (Å²) in [5, 5.41) is 3.81. The van der Waals surface area contributed by atoms with E-state index < -0.39 is 0 Å². The van der Waals surface area contributed by atoms with Gasteiger partial charge in [-0.15, -0.1) is 11.3 Å². The third-order valence-electron chi connectivity index (χ3n) is 5.87. The summed E-state index contributed by atoms with van der Waals surface area (Å²) in [5.41, 5.74) is 1.23. The van der Waals surface area contributed by atoms with Crippen molar-refractivity contribution in [2.45, 2.75) is 70.8 Å². The summed E-state index contributed by atoms with van der Waals surface area (Å²) in [6.07, 6.45) is 12.7. The van der Waals surface area contributed by atoms with Gasteiger partial charge >= 0.3 is 0 Å². The molecule has 5 nitrogen and oxygen atoms in total. The molecule has 0 unspecified atom stereocenters. The van der Waals surface area contributed by atoms with Crippen LogP contribution >= 0.6 is 11.3 Å². The van der Waals surface area contributed by atoms with Gasteiger partial charge in [-0.3, -0.25) is 14.2 Å². The molecule has 4 rings (SSSR count). The second-order valence-corrected chi connectivity index (χ2v) is 8.76. The molecular formula is C20H27N3O2S. The molecule has 6 heteroatoms. The van der Waals surface area contributed by atoms with E-state index in [4.69, 9.17) is 0 Å². The molecule has 0 aromatic carbocycles. The predicted octanol–water partition coefficient (Wildman–Crippen LogP) is 3.42. The van der Waals surface area contributed by atoms with Gasteiger partial charge in [0.25, 0.3) is 5.56 Å². The lowest BCUT2D eigenvalue weighted by molar-refractivity contribution is -0.121. The minimum absolute atomic E-state index is 0.0214. The van der Waals surface area contributed by atoms with E-state index in [0.717, 1.165) is 48.4 Å². The normalized spacial score (nSPS) is 17.5. The fourth-order valence-electron chi connectivity index (χ4n) is 4.37. The van der Waals surface area contributed by atoms with Crippen LogP contribution in [0, 0.1) is 5.92 Å². The van der Waals surface area contributed by atoms with Crippen LogP contribution in [0.4, 0.5) is 0 Å². The molecule has 2 heterocycles. The molecule has 26 heavy (non-hydrogen) atoms. The molecule has 0 saturated heterocycles. The van der Waals surface area contributed by atoms with E-state index in [1.807, 2.05) is 0 Å². The van der Waals surface area contributed by atoms with Crippen molar-refractivity contribution in [3.05, 3.63) is 27.1 Å². The number of hydrogen-bond donors (Lipinski definition) is 1. The average Bonchev–Trinajstić information content (AvgIpc) is 3.28. The number of nitrogens with zero attached hydrogens (tertiary/aromatic N) is 2. The number of hydrogen-bond acceptors (Lipinski definition) is 4. The Morgan fingerprint density at radius 1 is 1.23 bits per heavy atom. The molecule has 140 valence electrons. The molecule has 0 radical (unpaired) electrons. The van der Waals surface area contributed by atoms with E-state index >= 15 is 0 Å². The lowest BCUT2D eigenvalue weighted by Crippen LogP contribution is -2.29. The summed E-state index contributed by atoms with van der Waals surface area (Å²) in [5.74, 6) is 0.816. The maximum Gasteiger partial charge on any atom is 0.262 e. The molecule has 0 atom stereocenters. The number of thiophene rings is 1. The van der Waals surface area contributed by atoms with Gasteiger partial charge in [-0.05, 0) is 43.6 Å². The lowest BCUT2D eigenvalue weighted by atomic mass is 9.97. The Morgan fingerprint density at radius 2 is 2.04 bits per heavy atom. The summed E-state index contributed by atoms with van der Waals surface area (Å²) >= 11 is 1.67. The minimum Gasteiger partial charge on any atom is -0.356 e. The fraction of sp³-hybridized carbons (Fsp3) is 0.650. The summed E-state index contributed by atoms with van der Waals surface area (Å²) in [6.45, 7) is 1.16. The number of nitrogens with one attached hydrogen (secondary N) is 1. The molecule has 2 aromatic heterocycles.